The van der Waals surface area contributed by atoms with Crippen LogP contribution in [-0.4, -0.2) is 12.6 Å². The summed E-state index contributed by atoms with van der Waals surface area (Å²) in [6.45, 7) is 1.89. The predicted octanol–water partition coefficient (Wildman–Crippen LogP) is 3.19. The molecule has 0 N–H and O–H groups in total. The van der Waals surface area contributed by atoms with E-state index >= 15 is 0 Å². The van der Waals surface area contributed by atoms with Crippen LogP contribution in [0.15, 0.2) is 35.3 Å². The molecule has 0 saturated carbocycles. The van der Waals surface area contributed by atoms with Crippen LogP contribution in [-0.2, 0) is 0 Å². The van der Waals surface area contributed by atoms with Gasteiger partial charge in [0.05, 0.1) is 0 Å². The first-order chi connectivity index (χ1) is 7.72. The molecule has 0 aliphatic rings. The molecule has 16 heavy (non-hydrogen) atoms. The lowest BCUT2D eigenvalue weighted by molar-refractivity contribution is 0.112. The number of benzene rings is 1. The lowest BCUT2D eigenvalue weighted by Crippen LogP contribution is -1.94. The molecule has 0 fully saturated rings. The van der Waals surface area contributed by atoms with Crippen molar-refractivity contribution in [2.45, 2.75) is 11.8 Å². The SMILES string of the molecule is C/C=C/C=C/c1c(C=O)cc(S)cc1C=O. The average Bonchev–Trinajstić information content (AvgIpc) is 2.30. The highest BCUT2D eigenvalue weighted by molar-refractivity contribution is 7.80. The maximum Gasteiger partial charge on any atom is 0.150 e. The predicted molar refractivity (Wildman–Crippen MR) is 68.3 cm³/mol. The molecule has 0 bridgehead atoms. The van der Waals surface area contributed by atoms with E-state index in [2.05, 4.69) is 12.6 Å². The van der Waals surface area contributed by atoms with Crippen LogP contribution in [0.2, 0.25) is 0 Å². The van der Waals surface area contributed by atoms with Crippen LogP contribution in [0.1, 0.15) is 33.2 Å². The van der Waals surface area contributed by atoms with E-state index < -0.39 is 0 Å². The normalized spacial score (nSPS) is 11.1. The van der Waals surface area contributed by atoms with Crippen molar-refractivity contribution in [1.29, 1.82) is 0 Å². The van der Waals surface area contributed by atoms with Crippen molar-refractivity contribution >= 4 is 31.3 Å². The van der Waals surface area contributed by atoms with Gasteiger partial charge < -0.3 is 0 Å². The Morgan fingerprint density at radius 2 is 1.62 bits per heavy atom. The lowest BCUT2D eigenvalue weighted by atomic mass is 10.0. The minimum atomic E-state index is 0.468. The topological polar surface area (TPSA) is 34.1 Å². The number of carbonyl (C=O) groups excluding carboxylic acids is 2. The molecule has 0 atom stereocenters. The van der Waals surface area contributed by atoms with E-state index in [-0.39, 0.29) is 0 Å². The molecule has 82 valence electrons. The number of thiol groups is 1. The fourth-order valence-electron chi connectivity index (χ4n) is 1.33. The maximum atomic E-state index is 10.9. The second kappa shape index (κ2) is 6.08. The highest BCUT2D eigenvalue weighted by atomic mass is 32.1. The van der Waals surface area contributed by atoms with Gasteiger partial charge >= 0.3 is 0 Å². The second-order valence-corrected chi connectivity index (χ2v) is 3.67. The van der Waals surface area contributed by atoms with Gasteiger partial charge in [-0.25, -0.2) is 0 Å². The molecule has 0 spiro atoms. The van der Waals surface area contributed by atoms with Crippen molar-refractivity contribution in [2.24, 2.45) is 0 Å². The molecule has 1 aromatic carbocycles. The summed E-state index contributed by atoms with van der Waals surface area (Å²) in [6, 6.07) is 3.27. The molecule has 2 nitrogen and oxygen atoms in total. The monoisotopic (exact) mass is 232 g/mol. The minimum Gasteiger partial charge on any atom is -0.298 e. The third-order valence-electron chi connectivity index (χ3n) is 2.05. The van der Waals surface area contributed by atoms with E-state index in [0.717, 1.165) is 12.6 Å². The summed E-state index contributed by atoms with van der Waals surface area (Å²) >= 11 is 4.13. The Labute approximate surface area is 100 Å². The van der Waals surface area contributed by atoms with E-state index in [4.69, 9.17) is 0 Å². The quantitative estimate of drug-likeness (QED) is 0.491. The van der Waals surface area contributed by atoms with Gasteiger partial charge in [-0.3, -0.25) is 9.59 Å². The molecule has 1 aromatic rings. The highest BCUT2D eigenvalue weighted by Crippen LogP contribution is 2.19. The molecule has 0 unspecified atom stereocenters. The molecule has 0 amide bonds. The third kappa shape index (κ3) is 2.94. The highest BCUT2D eigenvalue weighted by Gasteiger charge is 2.06. The molecular formula is C13H12O2S. The number of hydrogen-bond acceptors (Lipinski definition) is 3. The van der Waals surface area contributed by atoms with Crippen LogP contribution in [0.5, 0.6) is 0 Å². The number of aldehydes is 2. The summed E-state index contributed by atoms with van der Waals surface area (Å²) in [6.07, 6.45) is 8.67. The zero-order chi connectivity index (χ0) is 12.0. The van der Waals surface area contributed by atoms with Gasteiger partial charge in [-0.1, -0.05) is 24.3 Å². The van der Waals surface area contributed by atoms with E-state index in [1.807, 2.05) is 19.1 Å². The summed E-state index contributed by atoms with van der Waals surface area (Å²) < 4.78 is 0. The summed E-state index contributed by atoms with van der Waals surface area (Å²) in [5, 5.41) is 0. The first-order valence-corrected chi connectivity index (χ1v) is 5.24. The van der Waals surface area contributed by atoms with Gasteiger partial charge in [0.25, 0.3) is 0 Å². The van der Waals surface area contributed by atoms with Gasteiger partial charge in [0.1, 0.15) is 0 Å². The Morgan fingerprint density at radius 3 is 2.06 bits per heavy atom. The smallest absolute Gasteiger partial charge is 0.150 e. The minimum absolute atomic E-state index is 0.468. The van der Waals surface area contributed by atoms with Crippen molar-refractivity contribution in [3.05, 3.63) is 47.1 Å². The summed E-state index contributed by atoms with van der Waals surface area (Å²) in [7, 11) is 0. The largest absolute Gasteiger partial charge is 0.298 e. The van der Waals surface area contributed by atoms with Crippen LogP contribution in [0.4, 0.5) is 0 Å². The van der Waals surface area contributed by atoms with Crippen LogP contribution in [0, 0.1) is 0 Å². The van der Waals surface area contributed by atoms with Crippen molar-refractivity contribution in [1.82, 2.24) is 0 Å². The average molecular weight is 232 g/mol. The summed E-state index contributed by atoms with van der Waals surface area (Å²) in [4.78, 5) is 22.4. The summed E-state index contributed by atoms with van der Waals surface area (Å²) in [5.41, 5.74) is 1.56. The van der Waals surface area contributed by atoms with Gasteiger partial charge in [-0.05, 0) is 24.6 Å². The van der Waals surface area contributed by atoms with E-state index in [9.17, 15) is 9.59 Å². The number of rotatable bonds is 4. The van der Waals surface area contributed by atoms with Crippen LogP contribution in [0.3, 0.4) is 0 Å². The fraction of sp³-hybridized carbons (Fsp3) is 0.0769. The van der Waals surface area contributed by atoms with Crippen molar-refractivity contribution in [3.8, 4) is 0 Å². The van der Waals surface area contributed by atoms with Gasteiger partial charge in [-0.2, -0.15) is 0 Å². The lowest BCUT2D eigenvalue weighted by Gasteiger charge is -2.04. The Kier molecular flexibility index (Phi) is 4.73. The van der Waals surface area contributed by atoms with Crippen LogP contribution in [0.25, 0.3) is 6.08 Å². The zero-order valence-corrected chi connectivity index (χ0v) is 9.78. The Hall–Kier alpha value is -1.61. The molecule has 0 aliphatic carbocycles. The van der Waals surface area contributed by atoms with Crippen molar-refractivity contribution < 1.29 is 9.59 Å². The van der Waals surface area contributed by atoms with Crippen molar-refractivity contribution in [3.63, 3.8) is 0 Å². The molecule has 3 heteroatoms. The van der Waals surface area contributed by atoms with E-state index in [1.165, 1.54) is 0 Å². The first-order valence-electron chi connectivity index (χ1n) is 4.79. The molecule has 0 aliphatic heterocycles. The van der Waals surface area contributed by atoms with Crippen LogP contribution >= 0.6 is 12.6 Å². The van der Waals surface area contributed by atoms with Gasteiger partial charge in [0.15, 0.2) is 12.6 Å². The molecule has 0 heterocycles. The van der Waals surface area contributed by atoms with Crippen molar-refractivity contribution in [2.75, 3.05) is 0 Å². The molecule has 0 aromatic heterocycles. The van der Waals surface area contributed by atoms with E-state index in [0.29, 0.717) is 21.6 Å². The van der Waals surface area contributed by atoms with Gasteiger partial charge in [-0.15, -0.1) is 12.6 Å². The molecule has 0 radical (unpaired) electrons. The number of carbonyl (C=O) groups is 2. The zero-order valence-electron chi connectivity index (χ0n) is 8.88. The van der Waals surface area contributed by atoms with Gasteiger partial charge in [0.2, 0.25) is 0 Å². The Bertz CT molecular complexity index is 430. The second-order valence-electron chi connectivity index (χ2n) is 3.16. The Balaban J connectivity index is 3.32. The third-order valence-corrected chi connectivity index (χ3v) is 2.31. The number of hydrogen-bond donors (Lipinski definition) is 1. The standard InChI is InChI=1S/C13H12O2S/c1-2-3-4-5-13-10(8-14)6-12(16)7-11(13)9-15/h2-9,16H,1H3/b3-2+,5-4+. The van der Waals surface area contributed by atoms with Crippen LogP contribution < -0.4 is 0 Å². The molecule has 1 rings (SSSR count). The first kappa shape index (κ1) is 12.5. The Morgan fingerprint density at radius 1 is 1.06 bits per heavy atom. The molecule has 0 saturated heterocycles. The number of allylic oxidation sites excluding steroid dienone is 3. The van der Waals surface area contributed by atoms with E-state index in [1.54, 1.807) is 24.3 Å². The maximum absolute atomic E-state index is 10.9. The van der Waals surface area contributed by atoms with Gasteiger partial charge in [0, 0.05) is 16.0 Å². The summed E-state index contributed by atoms with van der Waals surface area (Å²) in [5.74, 6) is 0. The molecular weight excluding hydrogens is 220 g/mol. The fourth-order valence-corrected chi connectivity index (χ4v) is 1.61.